The van der Waals surface area contributed by atoms with E-state index in [0.29, 0.717) is 27.4 Å². The summed E-state index contributed by atoms with van der Waals surface area (Å²) in [5, 5.41) is 12.4. The van der Waals surface area contributed by atoms with Crippen LogP contribution in [0.4, 0.5) is 0 Å². The van der Waals surface area contributed by atoms with Gasteiger partial charge in [-0.2, -0.15) is 0 Å². The number of H-pyrrole nitrogens is 2. The van der Waals surface area contributed by atoms with Crippen molar-refractivity contribution in [2.75, 3.05) is 7.11 Å². The number of carboxylic acids is 1. The van der Waals surface area contributed by atoms with E-state index in [0.717, 1.165) is 22.3 Å². The molecule has 0 saturated carbocycles. The number of aryl methyl sites for hydroxylation is 2. The Morgan fingerprint density at radius 3 is 2.63 bits per heavy atom. The molecule has 0 aliphatic carbocycles. The second kappa shape index (κ2) is 6.32. The van der Waals surface area contributed by atoms with E-state index in [1.54, 1.807) is 19.2 Å². The van der Waals surface area contributed by atoms with E-state index in [1.807, 2.05) is 38.1 Å². The van der Waals surface area contributed by atoms with Crippen LogP contribution >= 0.6 is 0 Å². The first kappa shape index (κ1) is 16.9. The van der Waals surface area contributed by atoms with Gasteiger partial charge in [0, 0.05) is 22.7 Å². The summed E-state index contributed by atoms with van der Waals surface area (Å²) in [6, 6.07) is 11.1. The van der Waals surface area contributed by atoms with Crippen molar-refractivity contribution in [3.8, 4) is 5.75 Å². The maximum absolute atomic E-state index is 11.9. The highest BCUT2D eigenvalue weighted by molar-refractivity contribution is 6.24. The minimum Gasteiger partial charge on any atom is -0.494 e. The lowest BCUT2D eigenvalue weighted by molar-refractivity contribution is -0.130. The normalized spacial score (nSPS) is 15.7. The van der Waals surface area contributed by atoms with Gasteiger partial charge in [-0.25, -0.2) is 9.79 Å². The molecule has 0 spiro atoms. The first-order valence-electron chi connectivity index (χ1n) is 8.55. The van der Waals surface area contributed by atoms with E-state index < -0.39 is 5.97 Å². The number of para-hydroxylation sites is 1. The lowest BCUT2D eigenvalue weighted by Gasteiger charge is -1.96. The zero-order valence-electron chi connectivity index (χ0n) is 15.3. The number of ether oxygens (including phenoxy) is 1. The first-order valence-corrected chi connectivity index (χ1v) is 8.55. The van der Waals surface area contributed by atoms with Gasteiger partial charge in [0.2, 0.25) is 0 Å². The van der Waals surface area contributed by atoms with Crippen LogP contribution in [0, 0.1) is 13.8 Å². The van der Waals surface area contributed by atoms with Crippen molar-refractivity contribution in [3.63, 3.8) is 0 Å². The fourth-order valence-electron chi connectivity index (χ4n) is 3.40. The Morgan fingerprint density at radius 2 is 1.96 bits per heavy atom. The molecule has 6 heteroatoms. The largest absolute Gasteiger partial charge is 0.494 e. The maximum atomic E-state index is 11.9. The zero-order chi connectivity index (χ0) is 19.1. The molecule has 3 aromatic rings. The molecule has 1 aliphatic rings. The number of carboxylic acid groups (broad SMARTS) is 1. The quantitative estimate of drug-likeness (QED) is 0.634. The van der Waals surface area contributed by atoms with Crippen molar-refractivity contribution in [2.24, 2.45) is 4.99 Å². The van der Waals surface area contributed by atoms with E-state index >= 15 is 0 Å². The minimum absolute atomic E-state index is 0.188. The van der Waals surface area contributed by atoms with Gasteiger partial charge in [-0.15, -0.1) is 0 Å². The van der Waals surface area contributed by atoms with Crippen molar-refractivity contribution in [3.05, 3.63) is 74.6 Å². The number of methoxy groups -OCH3 is 1. The van der Waals surface area contributed by atoms with Crippen LogP contribution in [0.15, 0.2) is 41.4 Å². The summed E-state index contributed by atoms with van der Waals surface area (Å²) in [4.78, 5) is 23.0. The molecule has 2 aromatic heterocycles. The minimum atomic E-state index is -1.01. The molecule has 136 valence electrons. The summed E-state index contributed by atoms with van der Waals surface area (Å²) < 4.78 is 5.49. The molecule has 0 saturated heterocycles. The molecule has 1 aromatic carbocycles. The molecule has 0 bridgehead atoms. The number of rotatable bonds is 3. The number of aliphatic carboxylic acids is 1. The molecule has 3 heterocycles. The van der Waals surface area contributed by atoms with E-state index in [4.69, 9.17) is 4.74 Å². The fourth-order valence-corrected chi connectivity index (χ4v) is 3.40. The van der Waals surface area contributed by atoms with Crippen LogP contribution < -0.4 is 26.0 Å². The van der Waals surface area contributed by atoms with Crippen molar-refractivity contribution < 1.29 is 14.6 Å². The van der Waals surface area contributed by atoms with Crippen LogP contribution in [-0.2, 0) is 4.79 Å². The highest BCUT2D eigenvalue weighted by Crippen LogP contribution is 2.15. The fraction of sp³-hybridized carbons (Fsp3) is 0.143. The van der Waals surface area contributed by atoms with Crippen molar-refractivity contribution >= 4 is 23.3 Å². The Balaban J connectivity index is 2.02. The maximum Gasteiger partial charge on any atom is 0.338 e. The number of hydrogen-bond acceptors (Lipinski definition) is 3. The predicted molar refractivity (Wildman–Crippen MR) is 102 cm³/mol. The van der Waals surface area contributed by atoms with Crippen LogP contribution in [0.1, 0.15) is 17.0 Å². The summed E-state index contributed by atoms with van der Waals surface area (Å²) in [5.41, 5.74) is 3.75. The zero-order valence-corrected chi connectivity index (χ0v) is 15.3. The number of aromatic amines is 2. The molecule has 27 heavy (non-hydrogen) atoms. The van der Waals surface area contributed by atoms with Crippen molar-refractivity contribution in [1.82, 2.24) is 9.97 Å². The summed E-state index contributed by atoms with van der Waals surface area (Å²) in [7, 11) is 1.59. The molecule has 0 atom stereocenters. The van der Waals surface area contributed by atoms with E-state index in [2.05, 4.69) is 21.0 Å². The van der Waals surface area contributed by atoms with Crippen LogP contribution in [-0.4, -0.2) is 28.2 Å². The third-order valence-corrected chi connectivity index (χ3v) is 4.62. The third kappa shape index (κ3) is 2.85. The van der Waals surface area contributed by atoms with Crippen molar-refractivity contribution in [1.29, 1.82) is 0 Å². The number of hydrogen-bond donors (Lipinski definition) is 3. The van der Waals surface area contributed by atoms with Gasteiger partial charge < -0.3 is 19.8 Å². The summed E-state index contributed by atoms with van der Waals surface area (Å²) in [6.45, 7) is 4.03. The topological polar surface area (TPSA) is 90.5 Å². The number of nitrogens with one attached hydrogen (secondary N) is 2. The van der Waals surface area contributed by atoms with Gasteiger partial charge >= 0.3 is 5.97 Å². The molecular weight excluding hydrogens is 342 g/mol. The molecule has 1 aliphatic heterocycles. The average Bonchev–Trinajstić information content (AvgIpc) is 3.29. The molecule has 0 fully saturated rings. The number of nitrogens with zero attached hydrogens (tertiary/aromatic N) is 1. The van der Waals surface area contributed by atoms with Gasteiger partial charge in [-0.05, 0) is 37.6 Å². The van der Waals surface area contributed by atoms with E-state index in [1.165, 1.54) is 0 Å². The van der Waals surface area contributed by atoms with Crippen LogP contribution in [0.2, 0.25) is 0 Å². The van der Waals surface area contributed by atoms with E-state index in [9.17, 15) is 9.90 Å². The van der Waals surface area contributed by atoms with Gasteiger partial charge in [-0.1, -0.05) is 18.2 Å². The Morgan fingerprint density at radius 1 is 1.19 bits per heavy atom. The lowest BCUT2D eigenvalue weighted by atomic mass is 10.1. The highest BCUT2D eigenvalue weighted by atomic mass is 16.5. The summed E-state index contributed by atoms with van der Waals surface area (Å²) >= 11 is 0. The van der Waals surface area contributed by atoms with E-state index in [-0.39, 0.29) is 5.57 Å². The van der Waals surface area contributed by atoms with Crippen molar-refractivity contribution in [2.45, 2.75) is 13.8 Å². The van der Waals surface area contributed by atoms with Crippen LogP contribution in [0.5, 0.6) is 5.75 Å². The molecule has 0 amide bonds. The summed E-state index contributed by atoms with van der Waals surface area (Å²) in [6.07, 6.45) is 1.95. The predicted octanol–water partition coefficient (Wildman–Crippen LogP) is 0.474. The first-order chi connectivity index (χ1) is 13.0. The van der Waals surface area contributed by atoms with Gasteiger partial charge in [0.15, 0.2) is 0 Å². The molecular formula is C21H19N3O3. The number of fused-ring (bicyclic) bond motifs is 1. The Bertz CT molecular complexity index is 1310. The van der Waals surface area contributed by atoms with Gasteiger partial charge in [-0.3, -0.25) is 0 Å². The Kier molecular flexibility index (Phi) is 3.96. The standard InChI is InChI=1S/C21H19N3O3/c1-11-8-12(2)22-15(11)9-16-18(27-3)10-17(23-16)20-19(21(25)26)13-6-4-5-7-14(13)24-20/h4-10,22-23H,1-3H3,(H,25,26). The van der Waals surface area contributed by atoms with Gasteiger partial charge in [0.25, 0.3) is 0 Å². The number of benzene rings is 1. The third-order valence-electron chi connectivity index (χ3n) is 4.62. The SMILES string of the molecule is COc1cc(=C2N=c3ccccc3=C2C(=O)O)[nH]c1=Cc1[nH]c(C)cc1C. The molecule has 0 unspecified atom stereocenters. The van der Waals surface area contributed by atoms with Gasteiger partial charge in [0.05, 0.1) is 28.7 Å². The second-order valence-corrected chi connectivity index (χ2v) is 6.52. The Hall–Kier alpha value is -3.54. The Labute approximate surface area is 154 Å². The molecule has 3 N–H and O–H groups in total. The molecule has 4 rings (SSSR count). The van der Waals surface area contributed by atoms with Gasteiger partial charge in [0.1, 0.15) is 11.4 Å². The monoisotopic (exact) mass is 361 g/mol. The lowest BCUT2D eigenvalue weighted by Crippen LogP contribution is -2.24. The van der Waals surface area contributed by atoms with Crippen LogP contribution in [0.3, 0.4) is 0 Å². The number of aromatic nitrogens is 2. The van der Waals surface area contributed by atoms with Crippen LogP contribution in [0.25, 0.3) is 17.3 Å². The second-order valence-electron chi connectivity index (χ2n) is 6.52. The highest BCUT2D eigenvalue weighted by Gasteiger charge is 2.21. The number of carbonyl (C=O) groups is 1. The molecule has 0 radical (unpaired) electrons. The molecule has 6 nitrogen and oxygen atoms in total. The summed E-state index contributed by atoms with van der Waals surface area (Å²) in [5.74, 6) is -0.381. The smallest absolute Gasteiger partial charge is 0.338 e. The average molecular weight is 361 g/mol.